The molecular weight excluding hydrogens is 292 g/mol. The zero-order chi connectivity index (χ0) is 15.9. The van der Waals surface area contributed by atoms with E-state index in [-0.39, 0.29) is 12.5 Å². The van der Waals surface area contributed by atoms with Crippen LogP contribution in [0.15, 0.2) is 48.8 Å². The van der Waals surface area contributed by atoms with Crippen molar-refractivity contribution in [2.45, 2.75) is 12.5 Å². The van der Waals surface area contributed by atoms with Gasteiger partial charge in [0.1, 0.15) is 17.8 Å². The number of carboxylic acid groups (broad SMARTS) is 1. The number of carbonyl (C=O) groups is 1. The van der Waals surface area contributed by atoms with Crippen LogP contribution >= 0.6 is 0 Å². The number of nitrogens with zero attached hydrogens (tertiary/aromatic N) is 2. The minimum Gasteiger partial charge on any atom is -0.492 e. The predicted octanol–water partition coefficient (Wildman–Crippen LogP) is 2.14. The van der Waals surface area contributed by atoms with Gasteiger partial charge in [0.25, 0.3) is 0 Å². The van der Waals surface area contributed by atoms with Crippen molar-refractivity contribution in [1.29, 1.82) is 0 Å². The molecule has 0 bridgehead atoms. The van der Waals surface area contributed by atoms with Gasteiger partial charge >= 0.3 is 5.97 Å². The van der Waals surface area contributed by atoms with Crippen LogP contribution < -0.4 is 4.74 Å². The van der Waals surface area contributed by atoms with Gasteiger partial charge in [-0.3, -0.25) is 14.7 Å². The fourth-order valence-corrected chi connectivity index (χ4v) is 3.80. The average Bonchev–Trinajstić information content (AvgIpc) is 2.96. The summed E-state index contributed by atoms with van der Waals surface area (Å²) in [6.45, 7) is 2.16. The Morgan fingerprint density at radius 3 is 3.00 bits per heavy atom. The molecule has 23 heavy (non-hydrogen) atoms. The average molecular weight is 310 g/mol. The van der Waals surface area contributed by atoms with Gasteiger partial charge in [-0.2, -0.15) is 0 Å². The summed E-state index contributed by atoms with van der Waals surface area (Å²) in [5.74, 6) is 0.00455. The van der Waals surface area contributed by atoms with Crippen molar-refractivity contribution < 1.29 is 14.6 Å². The summed E-state index contributed by atoms with van der Waals surface area (Å²) in [5, 5.41) is 9.89. The van der Waals surface area contributed by atoms with Crippen LogP contribution in [0.1, 0.15) is 17.0 Å². The number of aliphatic carboxylic acids is 1. The van der Waals surface area contributed by atoms with Crippen LogP contribution in [0, 0.1) is 5.41 Å². The van der Waals surface area contributed by atoms with Crippen LogP contribution in [0.25, 0.3) is 0 Å². The van der Waals surface area contributed by atoms with Crippen LogP contribution in [0.2, 0.25) is 0 Å². The largest absolute Gasteiger partial charge is 0.492 e. The number of fused-ring (bicyclic) bond motifs is 3. The first kappa shape index (κ1) is 14.2. The Labute approximate surface area is 134 Å². The summed E-state index contributed by atoms with van der Waals surface area (Å²) >= 11 is 0. The van der Waals surface area contributed by atoms with E-state index in [9.17, 15) is 9.90 Å². The van der Waals surface area contributed by atoms with Gasteiger partial charge in [-0.15, -0.1) is 0 Å². The smallest absolute Gasteiger partial charge is 0.315 e. The van der Waals surface area contributed by atoms with E-state index in [2.05, 4.69) is 9.88 Å². The molecule has 0 spiro atoms. The molecule has 118 valence electrons. The van der Waals surface area contributed by atoms with E-state index < -0.39 is 11.4 Å². The summed E-state index contributed by atoms with van der Waals surface area (Å²) < 4.78 is 5.78. The van der Waals surface area contributed by atoms with E-state index in [1.54, 1.807) is 6.20 Å². The van der Waals surface area contributed by atoms with E-state index in [0.29, 0.717) is 13.1 Å². The molecule has 0 aliphatic carbocycles. The molecule has 5 nitrogen and oxygen atoms in total. The maximum absolute atomic E-state index is 12.0. The number of rotatable bonds is 3. The normalized spacial score (nSPS) is 26.2. The van der Waals surface area contributed by atoms with Crippen LogP contribution in [-0.2, 0) is 11.3 Å². The molecule has 3 heterocycles. The van der Waals surface area contributed by atoms with Crippen molar-refractivity contribution in [3.8, 4) is 5.75 Å². The SMILES string of the molecule is O=C(O)[C@@]12COc3ccccc3[C@@H]1CN(Cc1cccnc1)C2. The third-order valence-corrected chi connectivity index (χ3v) is 4.95. The van der Waals surface area contributed by atoms with Crippen molar-refractivity contribution >= 4 is 5.97 Å². The number of ether oxygens (including phenoxy) is 1. The quantitative estimate of drug-likeness (QED) is 0.941. The highest BCUT2D eigenvalue weighted by Gasteiger charge is 2.56. The highest BCUT2D eigenvalue weighted by atomic mass is 16.5. The summed E-state index contributed by atoms with van der Waals surface area (Å²) in [5.41, 5.74) is 1.24. The van der Waals surface area contributed by atoms with Crippen molar-refractivity contribution in [2.75, 3.05) is 19.7 Å². The lowest BCUT2D eigenvalue weighted by atomic mass is 9.73. The standard InChI is InChI=1S/C18H18N2O3/c21-17(22)18-11-20(9-13-4-3-7-19-8-13)10-15(18)14-5-1-2-6-16(14)23-12-18/h1-8,15H,9-12H2,(H,21,22)/t15-,18-/m0/s1. The summed E-state index contributed by atoms with van der Waals surface area (Å²) in [7, 11) is 0. The molecule has 5 heteroatoms. The Bertz CT molecular complexity index is 734. The van der Waals surface area contributed by atoms with Crippen molar-refractivity contribution in [2.24, 2.45) is 5.41 Å². The Balaban J connectivity index is 1.66. The molecule has 0 amide bonds. The molecule has 2 aliphatic heterocycles. The molecule has 1 N–H and O–H groups in total. The van der Waals surface area contributed by atoms with Gasteiger partial charge in [0, 0.05) is 37.9 Å². The molecule has 2 atom stereocenters. The van der Waals surface area contributed by atoms with Crippen LogP contribution in [-0.4, -0.2) is 40.7 Å². The van der Waals surface area contributed by atoms with Gasteiger partial charge in [-0.05, 0) is 23.3 Å². The molecule has 0 unspecified atom stereocenters. The van der Waals surface area contributed by atoms with Gasteiger partial charge in [0.15, 0.2) is 0 Å². The van der Waals surface area contributed by atoms with E-state index in [1.807, 2.05) is 42.6 Å². The molecule has 2 aliphatic rings. The van der Waals surface area contributed by atoms with Gasteiger partial charge in [0.2, 0.25) is 0 Å². The molecule has 2 aromatic rings. The molecule has 1 aromatic heterocycles. The second kappa shape index (κ2) is 5.35. The van der Waals surface area contributed by atoms with E-state index in [1.165, 1.54) is 0 Å². The molecular formula is C18H18N2O3. The first-order valence-electron chi connectivity index (χ1n) is 7.75. The first-order valence-corrected chi connectivity index (χ1v) is 7.75. The summed E-state index contributed by atoms with van der Waals surface area (Å²) in [6, 6.07) is 11.7. The number of likely N-dealkylation sites (tertiary alicyclic amines) is 1. The van der Waals surface area contributed by atoms with Crippen LogP contribution in [0.4, 0.5) is 0 Å². The predicted molar refractivity (Wildman–Crippen MR) is 84.3 cm³/mol. The molecule has 0 saturated carbocycles. The Hall–Kier alpha value is -2.40. The van der Waals surface area contributed by atoms with Gasteiger partial charge < -0.3 is 9.84 Å². The Morgan fingerprint density at radius 2 is 2.22 bits per heavy atom. The zero-order valence-electron chi connectivity index (χ0n) is 12.7. The fourth-order valence-electron chi connectivity index (χ4n) is 3.80. The number of carboxylic acids is 1. The molecule has 0 radical (unpaired) electrons. The number of hydrogen-bond donors (Lipinski definition) is 1. The molecule has 4 rings (SSSR count). The number of hydrogen-bond acceptors (Lipinski definition) is 4. The second-order valence-electron chi connectivity index (χ2n) is 6.37. The van der Waals surface area contributed by atoms with E-state index >= 15 is 0 Å². The van der Waals surface area contributed by atoms with Crippen LogP contribution in [0.5, 0.6) is 5.75 Å². The lowest BCUT2D eigenvalue weighted by molar-refractivity contribution is -0.151. The first-order chi connectivity index (χ1) is 11.2. The van der Waals surface area contributed by atoms with Gasteiger partial charge in [0.05, 0.1) is 0 Å². The van der Waals surface area contributed by atoms with E-state index in [0.717, 1.165) is 23.4 Å². The van der Waals surface area contributed by atoms with Gasteiger partial charge in [-0.25, -0.2) is 0 Å². The lowest BCUT2D eigenvalue weighted by Crippen LogP contribution is -2.45. The molecule has 1 saturated heterocycles. The summed E-state index contributed by atoms with van der Waals surface area (Å²) in [6.07, 6.45) is 3.58. The highest BCUT2D eigenvalue weighted by molar-refractivity contribution is 5.78. The number of pyridine rings is 1. The van der Waals surface area contributed by atoms with E-state index in [4.69, 9.17) is 4.74 Å². The minimum absolute atomic E-state index is 0.0402. The third kappa shape index (κ3) is 2.28. The Morgan fingerprint density at radius 1 is 1.35 bits per heavy atom. The zero-order valence-corrected chi connectivity index (χ0v) is 12.7. The van der Waals surface area contributed by atoms with Crippen molar-refractivity contribution in [1.82, 2.24) is 9.88 Å². The maximum Gasteiger partial charge on any atom is 0.315 e. The minimum atomic E-state index is -0.865. The fraction of sp³-hybridized carbons (Fsp3) is 0.333. The number of aromatic nitrogens is 1. The monoisotopic (exact) mass is 310 g/mol. The number of para-hydroxylation sites is 1. The molecule has 1 aromatic carbocycles. The van der Waals surface area contributed by atoms with Crippen molar-refractivity contribution in [3.05, 3.63) is 59.9 Å². The number of benzene rings is 1. The van der Waals surface area contributed by atoms with Crippen molar-refractivity contribution in [3.63, 3.8) is 0 Å². The second-order valence-corrected chi connectivity index (χ2v) is 6.37. The third-order valence-electron chi connectivity index (χ3n) is 4.95. The van der Waals surface area contributed by atoms with Crippen LogP contribution in [0.3, 0.4) is 0 Å². The maximum atomic E-state index is 12.0. The topological polar surface area (TPSA) is 62.7 Å². The van der Waals surface area contributed by atoms with Gasteiger partial charge in [-0.1, -0.05) is 24.3 Å². The Kier molecular flexibility index (Phi) is 3.31. The highest BCUT2D eigenvalue weighted by Crippen LogP contribution is 2.49. The lowest BCUT2D eigenvalue weighted by Gasteiger charge is -2.35. The summed E-state index contributed by atoms with van der Waals surface area (Å²) in [4.78, 5) is 18.4. The molecule has 1 fully saturated rings.